The molecule has 7 heteroatoms. The predicted octanol–water partition coefficient (Wildman–Crippen LogP) is 0.613. The van der Waals surface area contributed by atoms with E-state index in [1.165, 1.54) is 18.2 Å². The summed E-state index contributed by atoms with van der Waals surface area (Å²) in [6.07, 6.45) is 0.0746. The SMILES string of the molecule is C[C@@H](Oc1cccc(F)c1)C(=O)N1CCCN(CC(N)=O)CC1. The number of rotatable bonds is 5. The quantitative estimate of drug-likeness (QED) is 0.861. The van der Waals surface area contributed by atoms with Gasteiger partial charge in [0.2, 0.25) is 5.91 Å². The van der Waals surface area contributed by atoms with Crippen LogP contribution in [0.4, 0.5) is 4.39 Å². The Bertz CT molecular complexity index is 567. The molecule has 6 nitrogen and oxygen atoms in total. The minimum atomic E-state index is -0.695. The Morgan fingerprint density at radius 2 is 2.09 bits per heavy atom. The number of nitrogens with two attached hydrogens (primary N) is 1. The molecule has 0 unspecified atom stereocenters. The van der Waals surface area contributed by atoms with Crippen LogP contribution in [0.5, 0.6) is 5.75 Å². The van der Waals surface area contributed by atoms with Crippen LogP contribution in [0, 0.1) is 5.82 Å². The number of halogens is 1. The molecule has 126 valence electrons. The molecule has 1 fully saturated rings. The van der Waals surface area contributed by atoms with E-state index in [2.05, 4.69) is 0 Å². The van der Waals surface area contributed by atoms with Crippen LogP contribution in [0.15, 0.2) is 24.3 Å². The molecular weight excluding hydrogens is 301 g/mol. The molecule has 1 aromatic rings. The van der Waals surface area contributed by atoms with E-state index in [0.29, 0.717) is 25.4 Å². The van der Waals surface area contributed by atoms with Crippen molar-refractivity contribution in [3.63, 3.8) is 0 Å². The first kappa shape index (κ1) is 17.2. The molecule has 2 amide bonds. The Morgan fingerprint density at radius 3 is 2.78 bits per heavy atom. The molecule has 1 aromatic carbocycles. The van der Waals surface area contributed by atoms with Gasteiger partial charge in [0, 0.05) is 32.2 Å². The van der Waals surface area contributed by atoms with Crippen molar-refractivity contribution >= 4 is 11.8 Å². The highest BCUT2D eigenvalue weighted by Crippen LogP contribution is 2.15. The third-order valence-electron chi connectivity index (χ3n) is 3.74. The van der Waals surface area contributed by atoms with Gasteiger partial charge in [0.1, 0.15) is 11.6 Å². The second-order valence-corrected chi connectivity index (χ2v) is 5.64. The molecule has 23 heavy (non-hydrogen) atoms. The van der Waals surface area contributed by atoms with Gasteiger partial charge in [-0.05, 0) is 25.5 Å². The van der Waals surface area contributed by atoms with Crippen molar-refractivity contribution in [2.24, 2.45) is 5.73 Å². The van der Waals surface area contributed by atoms with Crippen molar-refractivity contribution in [1.29, 1.82) is 0 Å². The van der Waals surface area contributed by atoms with E-state index in [1.54, 1.807) is 17.9 Å². The van der Waals surface area contributed by atoms with Gasteiger partial charge in [-0.15, -0.1) is 0 Å². The van der Waals surface area contributed by atoms with Crippen molar-refractivity contribution in [3.8, 4) is 5.75 Å². The van der Waals surface area contributed by atoms with Crippen molar-refractivity contribution in [2.75, 3.05) is 32.7 Å². The third kappa shape index (κ3) is 5.21. The summed E-state index contributed by atoms with van der Waals surface area (Å²) in [6.45, 7) is 4.30. The first-order valence-corrected chi connectivity index (χ1v) is 7.67. The highest BCUT2D eigenvalue weighted by Gasteiger charge is 2.25. The molecule has 0 bridgehead atoms. The normalized spacial score (nSPS) is 17.4. The monoisotopic (exact) mass is 323 g/mol. The van der Waals surface area contributed by atoms with Crippen molar-refractivity contribution < 1.29 is 18.7 Å². The van der Waals surface area contributed by atoms with Gasteiger partial charge in [-0.25, -0.2) is 4.39 Å². The number of nitrogens with zero attached hydrogens (tertiary/aromatic N) is 2. The van der Waals surface area contributed by atoms with Gasteiger partial charge in [-0.1, -0.05) is 6.07 Å². The summed E-state index contributed by atoms with van der Waals surface area (Å²) >= 11 is 0. The molecule has 0 saturated carbocycles. The van der Waals surface area contributed by atoms with Crippen LogP contribution < -0.4 is 10.5 Å². The average Bonchev–Trinajstić information content (AvgIpc) is 2.71. The molecule has 1 atom stereocenters. The molecule has 1 saturated heterocycles. The number of ether oxygens (including phenoxy) is 1. The Hall–Kier alpha value is -2.15. The summed E-state index contributed by atoms with van der Waals surface area (Å²) in [6, 6.07) is 5.72. The van der Waals surface area contributed by atoms with Crippen molar-refractivity contribution in [2.45, 2.75) is 19.4 Å². The number of primary amides is 1. The minimum absolute atomic E-state index is 0.143. The zero-order chi connectivity index (χ0) is 16.8. The van der Waals surface area contributed by atoms with Crippen molar-refractivity contribution in [1.82, 2.24) is 9.80 Å². The predicted molar refractivity (Wildman–Crippen MR) is 83.3 cm³/mol. The summed E-state index contributed by atoms with van der Waals surface area (Å²) in [5.41, 5.74) is 5.20. The van der Waals surface area contributed by atoms with Crippen molar-refractivity contribution in [3.05, 3.63) is 30.1 Å². The molecule has 2 N–H and O–H groups in total. The number of carbonyl (C=O) groups is 2. The minimum Gasteiger partial charge on any atom is -0.481 e. The molecule has 1 aliphatic heterocycles. The molecule has 0 spiro atoms. The lowest BCUT2D eigenvalue weighted by Crippen LogP contribution is -2.43. The zero-order valence-electron chi connectivity index (χ0n) is 13.2. The number of carbonyl (C=O) groups excluding carboxylic acids is 2. The summed E-state index contributed by atoms with van der Waals surface area (Å²) in [5, 5.41) is 0. The van der Waals surface area contributed by atoms with Gasteiger partial charge in [0.05, 0.1) is 6.54 Å². The summed E-state index contributed by atoms with van der Waals surface area (Å²) < 4.78 is 18.7. The molecule has 0 aromatic heterocycles. The zero-order valence-corrected chi connectivity index (χ0v) is 13.2. The van der Waals surface area contributed by atoms with E-state index < -0.39 is 11.9 Å². The van der Waals surface area contributed by atoms with Crippen LogP contribution in [-0.2, 0) is 9.59 Å². The van der Waals surface area contributed by atoms with Gasteiger partial charge in [-0.2, -0.15) is 0 Å². The van der Waals surface area contributed by atoms with Crippen LogP contribution in [0.2, 0.25) is 0 Å². The van der Waals surface area contributed by atoms with Gasteiger partial charge in [0.25, 0.3) is 5.91 Å². The highest BCUT2D eigenvalue weighted by molar-refractivity contribution is 5.81. The largest absolute Gasteiger partial charge is 0.481 e. The van der Waals surface area contributed by atoms with Crippen LogP contribution in [0.3, 0.4) is 0 Å². The van der Waals surface area contributed by atoms with E-state index >= 15 is 0 Å². The average molecular weight is 323 g/mol. The van der Waals surface area contributed by atoms with E-state index in [9.17, 15) is 14.0 Å². The van der Waals surface area contributed by atoms with Crippen LogP contribution in [0.25, 0.3) is 0 Å². The second kappa shape index (κ2) is 7.92. The molecule has 0 radical (unpaired) electrons. The maximum atomic E-state index is 13.2. The summed E-state index contributed by atoms with van der Waals surface area (Å²) in [7, 11) is 0. The lowest BCUT2D eigenvalue weighted by Gasteiger charge is -2.25. The lowest BCUT2D eigenvalue weighted by molar-refractivity contribution is -0.137. The fourth-order valence-corrected chi connectivity index (χ4v) is 2.62. The third-order valence-corrected chi connectivity index (χ3v) is 3.74. The molecule has 0 aliphatic carbocycles. The van der Waals surface area contributed by atoms with Crippen LogP contribution >= 0.6 is 0 Å². The Balaban J connectivity index is 1.90. The Labute approximate surface area is 135 Å². The maximum absolute atomic E-state index is 13.2. The summed E-state index contributed by atoms with van der Waals surface area (Å²) in [5.74, 6) is -0.585. The fourth-order valence-electron chi connectivity index (χ4n) is 2.62. The van der Waals surface area contributed by atoms with E-state index in [0.717, 1.165) is 13.0 Å². The molecule has 1 heterocycles. The summed E-state index contributed by atoms with van der Waals surface area (Å²) in [4.78, 5) is 27.1. The smallest absolute Gasteiger partial charge is 0.263 e. The maximum Gasteiger partial charge on any atom is 0.263 e. The number of benzene rings is 1. The number of hydrogen-bond acceptors (Lipinski definition) is 4. The van der Waals surface area contributed by atoms with Gasteiger partial charge >= 0.3 is 0 Å². The first-order valence-electron chi connectivity index (χ1n) is 7.67. The van der Waals surface area contributed by atoms with E-state index in [-0.39, 0.29) is 18.4 Å². The topological polar surface area (TPSA) is 75.9 Å². The van der Waals surface area contributed by atoms with E-state index in [4.69, 9.17) is 10.5 Å². The standard InChI is InChI=1S/C16H22FN3O3/c1-12(23-14-5-2-4-13(17)10-14)16(22)20-7-3-6-19(8-9-20)11-15(18)21/h2,4-5,10,12H,3,6-9,11H2,1H3,(H2,18,21)/t12-/m1/s1. The molecule has 2 rings (SSSR count). The second-order valence-electron chi connectivity index (χ2n) is 5.64. The van der Waals surface area contributed by atoms with Gasteiger partial charge < -0.3 is 15.4 Å². The van der Waals surface area contributed by atoms with Crippen LogP contribution in [0.1, 0.15) is 13.3 Å². The molecule has 1 aliphatic rings. The Morgan fingerprint density at radius 1 is 1.30 bits per heavy atom. The first-order chi connectivity index (χ1) is 11.0. The lowest BCUT2D eigenvalue weighted by atomic mass is 10.3. The van der Waals surface area contributed by atoms with E-state index in [1.807, 2.05) is 4.90 Å². The molecular formula is C16H22FN3O3. The highest BCUT2D eigenvalue weighted by atomic mass is 19.1. The van der Waals surface area contributed by atoms with Crippen LogP contribution in [-0.4, -0.2) is 60.4 Å². The van der Waals surface area contributed by atoms with Gasteiger partial charge in [0.15, 0.2) is 6.10 Å². The fraction of sp³-hybridized carbons (Fsp3) is 0.500. The Kier molecular flexibility index (Phi) is 5.92. The number of hydrogen-bond donors (Lipinski definition) is 1. The van der Waals surface area contributed by atoms with Gasteiger partial charge in [-0.3, -0.25) is 14.5 Å². The number of amides is 2.